The topological polar surface area (TPSA) is 46.5 Å². The Morgan fingerprint density at radius 3 is 2.88 bits per heavy atom. The van der Waals surface area contributed by atoms with E-state index in [9.17, 15) is 4.79 Å². The van der Waals surface area contributed by atoms with Crippen molar-refractivity contribution in [3.05, 3.63) is 52.3 Å². The highest BCUT2D eigenvalue weighted by Gasteiger charge is 2.31. The molecule has 1 fully saturated rings. The number of aromatic nitrogens is 1. The van der Waals surface area contributed by atoms with Crippen molar-refractivity contribution in [3.8, 4) is 5.75 Å². The van der Waals surface area contributed by atoms with Crippen LogP contribution < -0.4 is 10.1 Å². The molecule has 2 aromatic rings. The summed E-state index contributed by atoms with van der Waals surface area (Å²) in [5.41, 5.74) is 1.75. The summed E-state index contributed by atoms with van der Waals surface area (Å²) in [5, 5.41) is 3.39. The SMILES string of the molecule is CCn1cc(Br)cc1C(=O)N1CCNCC1c1ccccc1OC.Cl. The number of piperazine rings is 1. The Bertz CT molecular complexity index is 735. The fraction of sp³-hybridized carbons (Fsp3) is 0.389. The van der Waals surface area contributed by atoms with Crippen LogP contribution in [0.1, 0.15) is 29.0 Å². The molecule has 0 aliphatic carbocycles. The lowest BCUT2D eigenvalue weighted by molar-refractivity contribution is 0.0620. The molecule has 1 atom stereocenters. The van der Waals surface area contributed by atoms with Crippen molar-refractivity contribution >= 4 is 34.2 Å². The summed E-state index contributed by atoms with van der Waals surface area (Å²) in [7, 11) is 1.67. The maximum atomic E-state index is 13.2. The van der Waals surface area contributed by atoms with E-state index in [2.05, 4.69) is 21.2 Å². The average Bonchev–Trinajstić information content (AvgIpc) is 3.02. The van der Waals surface area contributed by atoms with Gasteiger partial charge in [0.25, 0.3) is 5.91 Å². The Kier molecular flexibility index (Phi) is 6.93. The smallest absolute Gasteiger partial charge is 0.271 e. The molecule has 3 rings (SSSR count). The third-order valence-electron chi connectivity index (χ3n) is 4.43. The highest BCUT2D eigenvalue weighted by atomic mass is 79.9. The van der Waals surface area contributed by atoms with E-state index in [1.54, 1.807) is 7.11 Å². The number of halogens is 2. The summed E-state index contributed by atoms with van der Waals surface area (Å²) in [6, 6.07) is 9.77. The number of para-hydroxylation sites is 1. The average molecular weight is 429 g/mol. The molecule has 1 aromatic heterocycles. The van der Waals surface area contributed by atoms with Crippen molar-refractivity contribution in [2.45, 2.75) is 19.5 Å². The van der Waals surface area contributed by atoms with E-state index in [4.69, 9.17) is 4.74 Å². The lowest BCUT2D eigenvalue weighted by Gasteiger charge is -2.37. The van der Waals surface area contributed by atoms with E-state index in [0.717, 1.165) is 35.4 Å². The zero-order valence-corrected chi connectivity index (χ0v) is 16.8. The molecule has 1 aromatic carbocycles. The molecule has 2 heterocycles. The Hall–Kier alpha value is -1.50. The van der Waals surface area contributed by atoms with Gasteiger partial charge in [0, 0.05) is 42.4 Å². The minimum Gasteiger partial charge on any atom is -0.496 e. The molecule has 5 nitrogen and oxygen atoms in total. The van der Waals surface area contributed by atoms with Gasteiger partial charge < -0.3 is 19.5 Å². The van der Waals surface area contributed by atoms with Crippen molar-refractivity contribution in [1.82, 2.24) is 14.8 Å². The second-order valence-corrected chi connectivity index (χ2v) is 6.71. The minimum atomic E-state index is -0.0404. The predicted octanol–water partition coefficient (Wildman–Crippen LogP) is 3.49. The van der Waals surface area contributed by atoms with E-state index in [-0.39, 0.29) is 24.4 Å². The van der Waals surface area contributed by atoms with Crippen LogP contribution in [0.3, 0.4) is 0 Å². The van der Waals surface area contributed by atoms with Crippen LogP contribution in [0.2, 0.25) is 0 Å². The Morgan fingerprint density at radius 2 is 2.16 bits per heavy atom. The Balaban J connectivity index is 0.00000225. The van der Waals surface area contributed by atoms with Crippen molar-refractivity contribution in [1.29, 1.82) is 0 Å². The van der Waals surface area contributed by atoms with Crippen LogP contribution in [-0.4, -0.2) is 42.1 Å². The number of methoxy groups -OCH3 is 1. The van der Waals surface area contributed by atoms with Gasteiger partial charge >= 0.3 is 0 Å². The summed E-state index contributed by atoms with van der Waals surface area (Å²) in [6.07, 6.45) is 1.95. The number of benzene rings is 1. The Labute approximate surface area is 162 Å². The number of ether oxygens (including phenoxy) is 1. The molecule has 1 aliphatic heterocycles. The highest BCUT2D eigenvalue weighted by Crippen LogP contribution is 2.31. The number of hydrogen-bond acceptors (Lipinski definition) is 3. The van der Waals surface area contributed by atoms with Crippen LogP contribution in [0.15, 0.2) is 41.0 Å². The quantitative estimate of drug-likeness (QED) is 0.811. The number of nitrogens with zero attached hydrogens (tertiary/aromatic N) is 2. The standard InChI is InChI=1S/C18H22BrN3O2.ClH/c1-3-21-12-13(19)10-15(21)18(23)22-9-8-20-11-16(22)14-6-4-5-7-17(14)24-2;/h4-7,10,12,16,20H,3,8-9,11H2,1-2H3;1H. The number of rotatable bonds is 4. The van der Waals surface area contributed by atoms with Crippen molar-refractivity contribution in [3.63, 3.8) is 0 Å². The molecular formula is C18H23BrClN3O2. The lowest BCUT2D eigenvalue weighted by atomic mass is 10.0. The van der Waals surface area contributed by atoms with Crippen molar-refractivity contribution < 1.29 is 9.53 Å². The molecule has 0 bridgehead atoms. The number of carbonyl (C=O) groups excluding carboxylic acids is 1. The van der Waals surface area contributed by atoms with Gasteiger partial charge in [0.2, 0.25) is 0 Å². The first-order valence-electron chi connectivity index (χ1n) is 8.16. The fourth-order valence-electron chi connectivity index (χ4n) is 3.23. The van der Waals surface area contributed by atoms with Gasteiger partial charge in [0.15, 0.2) is 0 Å². The number of carbonyl (C=O) groups is 1. The molecule has 25 heavy (non-hydrogen) atoms. The summed E-state index contributed by atoms with van der Waals surface area (Å²) >= 11 is 3.48. The lowest BCUT2D eigenvalue weighted by Crippen LogP contribution is -2.49. The molecule has 1 N–H and O–H groups in total. The minimum absolute atomic E-state index is 0. The Morgan fingerprint density at radius 1 is 1.40 bits per heavy atom. The molecule has 0 saturated carbocycles. The van der Waals surface area contributed by atoms with Gasteiger partial charge in [-0.3, -0.25) is 4.79 Å². The second kappa shape index (κ2) is 8.74. The van der Waals surface area contributed by atoms with E-state index in [0.29, 0.717) is 12.2 Å². The van der Waals surface area contributed by atoms with Crippen LogP contribution in [-0.2, 0) is 6.54 Å². The zero-order chi connectivity index (χ0) is 17.1. The highest BCUT2D eigenvalue weighted by molar-refractivity contribution is 9.10. The third-order valence-corrected chi connectivity index (χ3v) is 4.86. The first kappa shape index (κ1) is 19.8. The maximum absolute atomic E-state index is 13.2. The first-order chi connectivity index (χ1) is 11.7. The molecule has 7 heteroatoms. The van der Waals surface area contributed by atoms with Crippen LogP contribution in [0.4, 0.5) is 0 Å². The van der Waals surface area contributed by atoms with Gasteiger partial charge in [-0.15, -0.1) is 12.4 Å². The monoisotopic (exact) mass is 427 g/mol. The van der Waals surface area contributed by atoms with Gasteiger partial charge in [0.05, 0.1) is 13.2 Å². The zero-order valence-electron chi connectivity index (χ0n) is 14.4. The van der Waals surface area contributed by atoms with Crippen LogP contribution >= 0.6 is 28.3 Å². The molecule has 1 saturated heterocycles. The molecule has 0 spiro atoms. The van der Waals surface area contributed by atoms with E-state index in [1.807, 2.05) is 52.9 Å². The largest absolute Gasteiger partial charge is 0.496 e. The van der Waals surface area contributed by atoms with Gasteiger partial charge in [-0.1, -0.05) is 18.2 Å². The van der Waals surface area contributed by atoms with E-state index >= 15 is 0 Å². The molecule has 1 unspecified atom stereocenters. The normalized spacial score (nSPS) is 17.1. The summed E-state index contributed by atoms with van der Waals surface area (Å²) in [5.74, 6) is 0.871. The maximum Gasteiger partial charge on any atom is 0.271 e. The molecule has 1 amide bonds. The molecular weight excluding hydrogens is 406 g/mol. The number of hydrogen-bond donors (Lipinski definition) is 1. The molecule has 136 valence electrons. The van der Waals surface area contributed by atoms with Gasteiger partial charge in [-0.2, -0.15) is 0 Å². The summed E-state index contributed by atoms with van der Waals surface area (Å²) < 4.78 is 8.41. The summed E-state index contributed by atoms with van der Waals surface area (Å²) in [6.45, 7) is 5.00. The van der Waals surface area contributed by atoms with Gasteiger partial charge in [0.1, 0.15) is 11.4 Å². The van der Waals surface area contributed by atoms with Crippen LogP contribution in [0.5, 0.6) is 5.75 Å². The van der Waals surface area contributed by atoms with Crippen LogP contribution in [0, 0.1) is 0 Å². The second-order valence-electron chi connectivity index (χ2n) is 5.79. The van der Waals surface area contributed by atoms with Gasteiger partial charge in [-0.25, -0.2) is 0 Å². The molecule has 0 radical (unpaired) electrons. The number of aryl methyl sites for hydroxylation is 1. The van der Waals surface area contributed by atoms with Crippen LogP contribution in [0.25, 0.3) is 0 Å². The van der Waals surface area contributed by atoms with Crippen molar-refractivity contribution in [2.24, 2.45) is 0 Å². The van der Waals surface area contributed by atoms with E-state index < -0.39 is 0 Å². The van der Waals surface area contributed by atoms with Gasteiger partial charge in [-0.05, 0) is 35.0 Å². The van der Waals surface area contributed by atoms with E-state index in [1.165, 1.54) is 0 Å². The van der Waals surface area contributed by atoms with Crippen molar-refractivity contribution in [2.75, 3.05) is 26.7 Å². The molecule has 1 aliphatic rings. The first-order valence-corrected chi connectivity index (χ1v) is 8.95. The summed E-state index contributed by atoms with van der Waals surface area (Å²) in [4.78, 5) is 15.1. The number of nitrogens with one attached hydrogen (secondary N) is 1. The fourth-order valence-corrected chi connectivity index (χ4v) is 3.69. The third kappa shape index (κ3) is 4.02. The predicted molar refractivity (Wildman–Crippen MR) is 105 cm³/mol. The number of amides is 1.